The van der Waals surface area contributed by atoms with E-state index in [2.05, 4.69) is 45.0 Å². The number of anilines is 1. The summed E-state index contributed by atoms with van der Waals surface area (Å²) in [6.45, 7) is 2.14. The first kappa shape index (κ1) is 11.6. The lowest BCUT2D eigenvalue weighted by Crippen LogP contribution is -2.12. The van der Waals surface area contributed by atoms with Gasteiger partial charge < -0.3 is 5.32 Å². The van der Waals surface area contributed by atoms with Crippen LogP contribution in [-0.4, -0.2) is 25.3 Å². The minimum atomic E-state index is 0.225. The standard InChI is InChI=1S/C13H14N6/c1-2-11(10-6-4-3-5-7-10)14-12-8-9-13-15-17-18-19(13)16-12/h3-9,11H,2H2,1H3,(H,14,16). The van der Waals surface area contributed by atoms with Gasteiger partial charge in [-0.25, -0.2) is 0 Å². The van der Waals surface area contributed by atoms with Crippen LogP contribution in [0.1, 0.15) is 24.9 Å². The van der Waals surface area contributed by atoms with Gasteiger partial charge in [-0.2, -0.15) is 0 Å². The van der Waals surface area contributed by atoms with E-state index in [-0.39, 0.29) is 6.04 Å². The molecule has 0 bridgehead atoms. The van der Waals surface area contributed by atoms with Gasteiger partial charge in [0.05, 0.1) is 6.04 Å². The van der Waals surface area contributed by atoms with Crippen molar-refractivity contribution in [3.8, 4) is 0 Å². The Hall–Kier alpha value is -2.50. The van der Waals surface area contributed by atoms with Crippen molar-refractivity contribution < 1.29 is 0 Å². The summed E-state index contributed by atoms with van der Waals surface area (Å²) in [5.41, 5.74) is 1.88. The van der Waals surface area contributed by atoms with E-state index in [1.807, 2.05) is 30.3 Å². The second-order valence-corrected chi connectivity index (χ2v) is 4.26. The fourth-order valence-electron chi connectivity index (χ4n) is 2.01. The number of fused-ring (bicyclic) bond motifs is 1. The SMILES string of the molecule is CCC(Nc1ccc2nnnn2n1)c1ccccc1. The van der Waals surface area contributed by atoms with E-state index in [0.29, 0.717) is 5.65 Å². The molecular formula is C13H14N6. The first-order chi connectivity index (χ1) is 9.36. The van der Waals surface area contributed by atoms with Gasteiger partial charge in [0.15, 0.2) is 5.65 Å². The summed E-state index contributed by atoms with van der Waals surface area (Å²) in [7, 11) is 0. The summed E-state index contributed by atoms with van der Waals surface area (Å²) in [6, 6.07) is 14.3. The zero-order valence-corrected chi connectivity index (χ0v) is 10.6. The van der Waals surface area contributed by atoms with Crippen LogP contribution >= 0.6 is 0 Å². The Balaban J connectivity index is 1.86. The molecule has 1 unspecified atom stereocenters. The van der Waals surface area contributed by atoms with Crippen LogP contribution < -0.4 is 5.32 Å². The van der Waals surface area contributed by atoms with Crippen molar-refractivity contribution in [1.29, 1.82) is 0 Å². The third-order valence-electron chi connectivity index (χ3n) is 3.00. The lowest BCUT2D eigenvalue weighted by Gasteiger charge is -2.17. The molecule has 2 heterocycles. The summed E-state index contributed by atoms with van der Waals surface area (Å²) in [6.07, 6.45) is 0.972. The van der Waals surface area contributed by atoms with Crippen molar-refractivity contribution >= 4 is 11.5 Å². The smallest absolute Gasteiger partial charge is 0.200 e. The van der Waals surface area contributed by atoms with Gasteiger partial charge in [-0.1, -0.05) is 37.3 Å². The molecule has 1 N–H and O–H groups in total. The molecule has 0 spiro atoms. The highest BCUT2D eigenvalue weighted by molar-refractivity contribution is 5.43. The van der Waals surface area contributed by atoms with Crippen molar-refractivity contribution in [2.45, 2.75) is 19.4 Å². The van der Waals surface area contributed by atoms with Crippen LogP contribution in [0.3, 0.4) is 0 Å². The van der Waals surface area contributed by atoms with E-state index in [0.717, 1.165) is 12.2 Å². The molecule has 0 saturated heterocycles. The molecule has 96 valence electrons. The molecule has 0 aliphatic carbocycles. The number of hydrogen-bond acceptors (Lipinski definition) is 5. The monoisotopic (exact) mass is 254 g/mol. The van der Waals surface area contributed by atoms with E-state index < -0.39 is 0 Å². The predicted molar refractivity (Wildman–Crippen MR) is 71.7 cm³/mol. The Morgan fingerprint density at radius 1 is 1.16 bits per heavy atom. The molecule has 0 fully saturated rings. The van der Waals surface area contributed by atoms with E-state index in [9.17, 15) is 0 Å². The van der Waals surface area contributed by atoms with Crippen LogP contribution in [0, 0.1) is 0 Å². The van der Waals surface area contributed by atoms with Gasteiger partial charge in [-0.05, 0) is 34.5 Å². The second-order valence-electron chi connectivity index (χ2n) is 4.26. The molecule has 0 saturated carbocycles. The maximum atomic E-state index is 4.32. The Morgan fingerprint density at radius 3 is 2.79 bits per heavy atom. The lowest BCUT2D eigenvalue weighted by atomic mass is 10.0. The molecule has 6 heteroatoms. The molecular weight excluding hydrogens is 240 g/mol. The van der Waals surface area contributed by atoms with E-state index >= 15 is 0 Å². The van der Waals surface area contributed by atoms with Crippen LogP contribution in [0.15, 0.2) is 42.5 Å². The minimum Gasteiger partial charge on any atom is -0.362 e. The van der Waals surface area contributed by atoms with E-state index in [4.69, 9.17) is 0 Å². The average Bonchev–Trinajstić information content (AvgIpc) is 2.93. The molecule has 1 atom stereocenters. The maximum absolute atomic E-state index is 4.32. The summed E-state index contributed by atoms with van der Waals surface area (Å²) >= 11 is 0. The fraction of sp³-hybridized carbons (Fsp3) is 0.231. The predicted octanol–water partition coefficient (Wildman–Crippen LogP) is 2.08. The number of nitrogens with zero attached hydrogens (tertiary/aromatic N) is 5. The number of benzene rings is 1. The van der Waals surface area contributed by atoms with Gasteiger partial charge in [0.25, 0.3) is 0 Å². The Labute approximate surface area is 110 Å². The Bertz CT molecular complexity index is 663. The molecule has 1 aromatic carbocycles. The molecule has 19 heavy (non-hydrogen) atoms. The largest absolute Gasteiger partial charge is 0.362 e. The highest BCUT2D eigenvalue weighted by Gasteiger charge is 2.10. The molecule has 0 amide bonds. The molecule has 0 radical (unpaired) electrons. The Morgan fingerprint density at radius 2 is 2.00 bits per heavy atom. The maximum Gasteiger partial charge on any atom is 0.200 e. The van der Waals surface area contributed by atoms with Crippen LogP contribution in [-0.2, 0) is 0 Å². The molecule has 2 aromatic heterocycles. The summed E-state index contributed by atoms with van der Waals surface area (Å²) in [5.74, 6) is 0.760. The van der Waals surface area contributed by atoms with Gasteiger partial charge in [0.1, 0.15) is 5.82 Å². The minimum absolute atomic E-state index is 0.225. The highest BCUT2D eigenvalue weighted by atomic mass is 15.6. The lowest BCUT2D eigenvalue weighted by molar-refractivity contribution is 0.708. The van der Waals surface area contributed by atoms with E-state index in [1.165, 1.54) is 10.2 Å². The molecule has 0 aliphatic rings. The quantitative estimate of drug-likeness (QED) is 0.772. The fourth-order valence-corrected chi connectivity index (χ4v) is 2.01. The number of aromatic nitrogens is 5. The molecule has 3 aromatic rings. The third kappa shape index (κ3) is 2.37. The molecule has 6 nitrogen and oxygen atoms in total. The van der Waals surface area contributed by atoms with Gasteiger partial charge in [0, 0.05) is 0 Å². The molecule has 3 rings (SSSR count). The van der Waals surface area contributed by atoms with Crippen molar-refractivity contribution in [3.63, 3.8) is 0 Å². The Kier molecular flexibility index (Phi) is 3.06. The average molecular weight is 254 g/mol. The third-order valence-corrected chi connectivity index (χ3v) is 3.00. The van der Waals surface area contributed by atoms with Crippen molar-refractivity contribution in [3.05, 3.63) is 48.0 Å². The van der Waals surface area contributed by atoms with Crippen LogP contribution in [0.25, 0.3) is 5.65 Å². The van der Waals surface area contributed by atoms with Crippen LogP contribution in [0.5, 0.6) is 0 Å². The highest BCUT2D eigenvalue weighted by Crippen LogP contribution is 2.20. The van der Waals surface area contributed by atoms with Gasteiger partial charge in [-0.15, -0.1) is 14.8 Å². The first-order valence-corrected chi connectivity index (χ1v) is 6.23. The van der Waals surface area contributed by atoms with Crippen LogP contribution in [0.4, 0.5) is 5.82 Å². The van der Waals surface area contributed by atoms with Crippen molar-refractivity contribution in [1.82, 2.24) is 25.3 Å². The zero-order valence-electron chi connectivity index (χ0n) is 10.6. The van der Waals surface area contributed by atoms with Gasteiger partial charge in [-0.3, -0.25) is 0 Å². The number of tetrazole rings is 1. The van der Waals surface area contributed by atoms with Gasteiger partial charge in [0.2, 0.25) is 0 Å². The summed E-state index contributed by atoms with van der Waals surface area (Å²) in [5, 5.41) is 18.9. The first-order valence-electron chi connectivity index (χ1n) is 6.23. The van der Waals surface area contributed by atoms with E-state index in [1.54, 1.807) is 0 Å². The van der Waals surface area contributed by atoms with Crippen molar-refractivity contribution in [2.24, 2.45) is 0 Å². The van der Waals surface area contributed by atoms with Crippen LogP contribution in [0.2, 0.25) is 0 Å². The number of rotatable bonds is 4. The summed E-state index contributed by atoms with van der Waals surface area (Å²) < 4.78 is 1.42. The summed E-state index contributed by atoms with van der Waals surface area (Å²) in [4.78, 5) is 0. The second kappa shape index (κ2) is 5.01. The van der Waals surface area contributed by atoms with Crippen molar-refractivity contribution in [2.75, 3.05) is 5.32 Å². The number of hydrogen-bond donors (Lipinski definition) is 1. The zero-order chi connectivity index (χ0) is 13.1. The normalized spacial score (nSPS) is 12.5. The molecule has 0 aliphatic heterocycles. The number of nitrogens with one attached hydrogen (secondary N) is 1. The topological polar surface area (TPSA) is 68.0 Å². The van der Waals surface area contributed by atoms with Gasteiger partial charge >= 0.3 is 0 Å².